The zero-order chi connectivity index (χ0) is 22.2. The van der Waals surface area contributed by atoms with Gasteiger partial charge < -0.3 is 10.4 Å². The third-order valence-corrected chi connectivity index (χ3v) is 10.5. The van der Waals surface area contributed by atoms with Gasteiger partial charge in [0.1, 0.15) is 0 Å². The summed E-state index contributed by atoms with van der Waals surface area (Å²) in [4.78, 5) is 0. The van der Waals surface area contributed by atoms with Gasteiger partial charge in [-0.3, -0.25) is 0 Å². The second kappa shape index (κ2) is 9.49. The lowest BCUT2D eigenvalue weighted by atomic mass is 9.47. The molecule has 5 aliphatic rings. The average molecular weight is 430 g/mol. The van der Waals surface area contributed by atoms with Crippen molar-refractivity contribution in [3.8, 4) is 0 Å². The lowest BCUT2D eigenvalue weighted by Crippen LogP contribution is -2.50. The molecule has 4 aliphatic carbocycles. The highest BCUT2D eigenvalue weighted by Crippen LogP contribution is 2.67. The van der Waals surface area contributed by atoms with Gasteiger partial charge >= 0.3 is 0 Å². The van der Waals surface area contributed by atoms with E-state index in [9.17, 15) is 5.11 Å². The van der Waals surface area contributed by atoms with Crippen LogP contribution >= 0.6 is 0 Å². The summed E-state index contributed by atoms with van der Waals surface area (Å²) in [6.45, 7) is 15.1. The standard InChI is InChI=1S/C27H46O.C2H5N/c1-18(2)7-6-8-19(3)23-11-12-24-22-10-9-20-17-21(28)13-15-26(20,4)25(22)14-16-27(23,24)5;1-2-3-1/h9,18-19,21-25,28H,6-8,10-17H2,1-5H3;3H,1-2H2/t19?,21-,22-,23+,24-,25-,26-,27+;/m0./s1. The molecule has 8 atom stereocenters. The Kier molecular flexibility index (Phi) is 7.29. The van der Waals surface area contributed by atoms with Gasteiger partial charge in [0, 0.05) is 13.1 Å². The lowest BCUT2D eigenvalue weighted by molar-refractivity contribution is -0.0573. The molecule has 0 aromatic carbocycles. The number of rotatable bonds is 5. The van der Waals surface area contributed by atoms with Gasteiger partial charge in [-0.2, -0.15) is 0 Å². The fraction of sp³-hybridized carbons (Fsp3) is 0.931. The van der Waals surface area contributed by atoms with E-state index >= 15 is 0 Å². The van der Waals surface area contributed by atoms with Gasteiger partial charge in [0.15, 0.2) is 0 Å². The van der Waals surface area contributed by atoms with E-state index in [4.69, 9.17) is 0 Å². The van der Waals surface area contributed by atoms with Crippen molar-refractivity contribution in [1.82, 2.24) is 5.32 Å². The van der Waals surface area contributed by atoms with E-state index in [0.29, 0.717) is 10.8 Å². The molecule has 0 spiro atoms. The van der Waals surface area contributed by atoms with E-state index in [1.54, 1.807) is 5.57 Å². The molecule has 0 radical (unpaired) electrons. The minimum atomic E-state index is -0.0766. The molecule has 1 heterocycles. The quantitative estimate of drug-likeness (QED) is 0.366. The SMILES string of the molecule is C1CN1.CC(C)CCCC(C)[C@H]1CC[C@H]2[C@@H]3CC=C4C[C@@H](O)CC[C@]4(C)[C@H]3CC[C@]12C. The second-order valence-electron chi connectivity index (χ2n) is 12.9. The summed E-state index contributed by atoms with van der Waals surface area (Å²) in [6.07, 6.45) is 17.2. The van der Waals surface area contributed by atoms with Crippen LogP contribution in [0.25, 0.3) is 0 Å². The van der Waals surface area contributed by atoms with Gasteiger partial charge in [-0.05, 0) is 97.7 Å². The molecule has 0 amide bonds. The normalized spacial score (nSPS) is 44.4. The van der Waals surface area contributed by atoms with Gasteiger partial charge in [0.05, 0.1) is 6.10 Å². The van der Waals surface area contributed by atoms with Crippen LogP contribution in [0.1, 0.15) is 105 Å². The molecule has 3 saturated carbocycles. The van der Waals surface area contributed by atoms with Crippen molar-refractivity contribution in [3.63, 3.8) is 0 Å². The fourth-order valence-corrected chi connectivity index (χ4v) is 8.67. The molecule has 2 nitrogen and oxygen atoms in total. The van der Waals surface area contributed by atoms with Crippen molar-refractivity contribution in [3.05, 3.63) is 11.6 Å². The summed E-state index contributed by atoms with van der Waals surface area (Å²) in [5.74, 6) is 5.46. The summed E-state index contributed by atoms with van der Waals surface area (Å²) >= 11 is 0. The monoisotopic (exact) mass is 429 g/mol. The van der Waals surface area contributed by atoms with E-state index in [1.165, 1.54) is 70.9 Å². The first kappa shape index (κ1) is 23.8. The molecule has 0 aromatic rings. The molecule has 0 bridgehead atoms. The first-order valence-corrected chi connectivity index (χ1v) is 13.8. The Morgan fingerprint density at radius 1 is 1.00 bits per heavy atom. The lowest BCUT2D eigenvalue weighted by Gasteiger charge is -2.58. The molecule has 1 unspecified atom stereocenters. The average Bonchev–Trinajstić information content (AvgIpc) is 3.55. The number of fused-ring (bicyclic) bond motifs is 5. The maximum absolute atomic E-state index is 10.2. The highest BCUT2D eigenvalue weighted by atomic mass is 16.3. The van der Waals surface area contributed by atoms with Crippen molar-refractivity contribution in [1.29, 1.82) is 0 Å². The highest BCUT2D eigenvalue weighted by Gasteiger charge is 2.59. The van der Waals surface area contributed by atoms with Gasteiger partial charge in [-0.1, -0.05) is 65.5 Å². The van der Waals surface area contributed by atoms with Crippen LogP contribution < -0.4 is 5.32 Å². The van der Waals surface area contributed by atoms with E-state index < -0.39 is 0 Å². The summed E-state index contributed by atoms with van der Waals surface area (Å²) < 4.78 is 0. The van der Waals surface area contributed by atoms with Crippen LogP contribution in [0.3, 0.4) is 0 Å². The van der Waals surface area contributed by atoms with E-state index in [-0.39, 0.29) is 6.10 Å². The molecule has 31 heavy (non-hydrogen) atoms. The number of hydrogen-bond acceptors (Lipinski definition) is 2. The van der Waals surface area contributed by atoms with Crippen LogP contribution in [0.5, 0.6) is 0 Å². The molecule has 1 aliphatic heterocycles. The van der Waals surface area contributed by atoms with Crippen molar-refractivity contribution >= 4 is 0 Å². The maximum Gasteiger partial charge on any atom is 0.0577 e. The summed E-state index contributed by atoms with van der Waals surface area (Å²) in [5.41, 5.74) is 2.60. The number of aliphatic hydroxyl groups is 1. The molecule has 1 saturated heterocycles. The van der Waals surface area contributed by atoms with Gasteiger partial charge in [0.2, 0.25) is 0 Å². The summed E-state index contributed by atoms with van der Waals surface area (Å²) in [5, 5.41) is 13.2. The van der Waals surface area contributed by atoms with Gasteiger partial charge in [-0.15, -0.1) is 0 Å². The molecule has 0 aromatic heterocycles. The number of allylic oxidation sites excluding steroid dienone is 1. The molecule has 2 N–H and O–H groups in total. The van der Waals surface area contributed by atoms with Crippen molar-refractivity contribution < 1.29 is 5.11 Å². The minimum absolute atomic E-state index is 0.0766. The van der Waals surface area contributed by atoms with Crippen LogP contribution in [-0.4, -0.2) is 24.3 Å². The van der Waals surface area contributed by atoms with Crippen molar-refractivity contribution in [2.24, 2.45) is 46.3 Å². The predicted octanol–water partition coefficient (Wildman–Crippen LogP) is 6.98. The van der Waals surface area contributed by atoms with Gasteiger partial charge in [0.25, 0.3) is 0 Å². The molecular weight excluding hydrogens is 378 g/mol. The summed E-state index contributed by atoms with van der Waals surface area (Å²) in [7, 11) is 0. The molecule has 4 fully saturated rings. The highest BCUT2D eigenvalue weighted by molar-refractivity contribution is 5.25. The Balaban J connectivity index is 0.000000710. The number of aliphatic hydroxyl groups excluding tert-OH is 1. The Morgan fingerprint density at radius 3 is 2.42 bits per heavy atom. The summed E-state index contributed by atoms with van der Waals surface area (Å²) in [6, 6.07) is 0. The third-order valence-electron chi connectivity index (χ3n) is 10.5. The Morgan fingerprint density at radius 2 is 1.74 bits per heavy atom. The molecule has 5 rings (SSSR count). The minimum Gasteiger partial charge on any atom is -0.393 e. The number of hydrogen-bond donors (Lipinski definition) is 2. The Bertz CT molecular complexity index is 636. The molecule has 178 valence electrons. The largest absolute Gasteiger partial charge is 0.393 e. The maximum atomic E-state index is 10.2. The first-order valence-electron chi connectivity index (χ1n) is 13.8. The molecule has 2 heteroatoms. The predicted molar refractivity (Wildman–Crippen MR) is 132 cm³/mol. The van der Waals surface area contributed by atoms with Crippen LogP contribution in [0.4, 0.5) is 0 Å². The van der Waals surface area contributed by atoms with Crippen molar-refractivity contribution in [2.45, 2.75) is 111 Å². The zero-order valence-corrected chi connectivity index (χ0v) is 21.3. The Labute approximate surface area is 193 Å². The van der Waals surface area contributed by atoms with Crippen LogP contribution in [-0.2, 0) is 0 Å². The third kappa shape index (κ3) is 4.81. The second-order valence-corrected chi connectivity index (χ2v) is 12.9. The van der Waals surface area contributed by atoms with E-state index in [2.05, 4.69) is 46.0 Å². The van der Waals surface area contributed by atoms with Crippen LogP contribution in [0, 0.1) is 46.3 Å². The van der Waals surface area contributed by atoms with Crippen LogP contribution in [0.15, 0.2) is 11.6 Å². The molecular formula is C29H51NO. The topological polar surface area (TPSA) is 42.2 Å². The van der Waals surface area contributed by atoms with E-state index in [1.807, 2.05) is 0 Å². The fourth-order valence-electron chi connectivity index (χ4n) is 8.67. The zero-order valence-electron chi connectivity index (χ0n) is 21.3. The van der Waals surface area contributed by atoms with Crippen molar-refractivity contribution in [2.75, 3.05) is 13.1 Å². The van der Waals surface area contributed by atoms with Crippen LogP contribution in [0.2, 0.25) is 0 Å². The first-order chi connectivity index (χ1) is 14.8. The Hall–Kier alpha value is -0.340. The smallest absolute Gasteiger partial charge is 0.0577 e. The van der Waals surface area contributed by atoms with Gasteiger partial charge in [-0.25, -0.2) is 0 Å². The number of nitrogens with one attached hydrogen (secondary N) is 1. The van der Waals surface area contributed by atoms with E-state index in [0.717, 1.165) is 48.3 Å².